The largest absolute Gasteiger partial charge is 0.493 e. The van der Waals surface area contributed by atoms with Crippen LogP contribution < -0.4 is 20.1 Å². The maximum Gasteiger partial charge on any atom is 0.229 e. The lowest BCUT2D eigenvalue weighted by Crippen LogP contribution is -2.48. The molecule has 9 nitrogen and oxygen atoms in total. The zero-order valence-electron chi connectivity index (χ0n) is 28.1. The van der Waals surface area contributed by atoms with Crippen LogP contribution in [0, 0.1) is 28.4 Å². The van der Waals surface area contributed by atoms with E-state index in [9.17, 15) is 13.6 Å². The van der Waals surface area contributed by atoms with E-state index in [0.29, 0.717) is 56.8 Å². The van der Waals surface area contributed by atoms with Gasteiger partial charge in [0.1, 0.15) is 18.8 Å². The minimum atomic E-state index is -1.10. The Labute approximate surface area is 279 Å². The number of amides is 1. The normalized spacial score (nSPS) is 15.7. The molecule has 5 rings (SSSR count). The Kier molecular flexibility index (Phi) is 10.3. The third-order valence-electron chi connectivity index (χ3n) is 8.56. The van der Waals surface area contributed by atoms with Gasteiger partial charge in [0.25, 0.3) is 0 Å². The molecule has 0 bridgehead atoms. The van der Waals surface area contributed by atoms with E-state index < -0.39 is 17.5 Å². The van der Waals surface area contributed by atoms with Crippen LogP contribution in [0.4, 0.5) is 25.4 Å². The molecule has 1 aliphatic rings. The highest BCUT2D eigenvalue weighted by atomic mass is 32.1. The highest BCUT2D eigenvalue weighted by molar-refractivity contribution is 7.15. The third kappa shape index (κ3) is 8.16. The fourth-order valence-electron chi connectivity index (χ4n) is 7.17. The van der Waals surface area contributed by atoms with E-state index in [4.69, 9.17) is 9.47 Å². The zero-order valence-corrected chi connectivity index (χ0v) is 28.9. The molecule has 0 unspecified atom stereocenters. The van der Waals surface area contributed by atoms with Gasteiger partial charge in [-0.05, 0) is 54.3 Å². The van der Waals surface area contributed by atoms with Crippen LogP contribution in [0.15, 0.2) is 42.9 Å². The van der Waals surface area contributed by atoms with Gasteiger partial charge in [0.15, 0.2) is 28.3 Å². The number of likely N-dealkylation sites (tertiary alicyclic amines) is 1. The lowest BCUT2D eigenvalue weighted by Gasteiger charge is -2.47. The van der Waals surface area contributed by atoms with Crippen molar-refractivity contribution in [2.75, 3.05) is 37.4 Å². The number of benzene rings is 2. The van der Waals surface area contributed by atoms with Crippen LogP contribution in [0.3, 0.4) is 0 Å². The highest BCUT2D eigenvalue weighted by Crippen LogP contribution is 2.46. The number of carbonyl (C=O) groups excluding carboxylic acids is 1. The van der Waals surface area contributed by atoms with Gasteiger partial charge < -0.3 is 20.1 Å². The minimum absolute atomic E-state index is 0.0560. The summed E-state index contributed by atoms with van der Waals surface area (Å²) in [6.07, 6.45) is 5.36. The summed E-state index contributed by atoms with van der Waals surface area (Å²) >= 11 is 1.25. The van der Waals surface area contributed by atoms with Crippen molar-refractivity contribution in [3.05, 3.63) is 59.4 Å². The third-order valence-corrected chi connectivity index (χ3v) is 9.47. The van der Waals surface area contributed by atoms with Crippen molar-refractivity contribution >= 4 is 44.8 Å². The van der Waals surface area contributed by atoms with Crippen molar-refractivity contribution in [1.29, 1.82) is 0 Å². The van der Waals surface area contributed by atoms with E-state index in [1.807, 2.05) is 12.1 Å². The monoisotopic (exact) mass is 666 g/mol. The molecule has 12 heteroatoms. The van der Waals surface area contributed by atoms with Gasteiger partial charge in [-0.15, -0.1) is 11.3 Å². The van der Waals surface area contributed by atoms with Gasteiger partial charge in [-0.2, -0.15) is 0 Å². The summed E-state index contributed by atoms with van der Waals surface area (Å²) in [4.78, 5) is 28.9. The Bertz CT molecular complexity index is 1700. The van der Waals surface area contributed by atoms with Crippen molar-refractivity contribution < 1.29 is 23.0 Å². The van der Waals surface area contributed by atoms with E-state index in [0.717, 1.165) is 19.2 Å². The second-order valence-electron chi connectivity index (χ2n) is 14.1. The van der Waals surface area contributed by atoms with E-state index >= 15 is 0 Å². The molecule has 2 N–H and O–H groups in total. The van der Waals surface area contributed by atoms with Crippen LogP contribution in [0.2, 0.25) is 0 Å². The van der Waals surface area contributed by atoms with E-state index in [-0.39, 0.29) is 22.9 Å². The first-order valence-corrected chi connectivity index (χ1v) is 16.7. The lowest BCUT2D eigenvalue weighted by atomic mass is 9.63. The van der Waals surface area contributed by atoms with Gasteiger partial charge in [0.05, 0.1) is 24.7 Å². The molecule has 3 heterocycles. The first-order valence-electron chi connectivity index (χ1n) is 15.9. The Balaban J connectivity index is 1.25. The number of aromatic nitrogens is 3. The van der Waals surface area contributed by atoms with Crippen LogP contribution in [-0.2, 0) is 11.2 Å². The number of ether oxygens (including phenoxy) is 2. The Morgan fingerprint density at radius 2 is 1.85 bits per heavy atom. The van der Waals surface area contributed by atoms with Crippen LogP contribution in [0.5, 0.6) is 11.5 Å². The average Bonchev–Trinajstić information content (AvgIpc) is 3.62. The minimum Gasteiger partial charge on any atom is -0.493 e. The van der Waals surface area contributed by atoms with E-state index in [1.165, 1.54) is 42.6 Å². The summed E-state index contributed by atoms with van der Waals surface area (Å²) in [7, 11) is 1.60. The molecule has 0 aliphatic carbocycles. The molecular formula is C35H44F2N6O3S. The number of nitrogens with zero attached hydrogens (tertiary/aromatic N) is 4. The fourth-order valence-corrected chi connectivity index (χ4v) is 7.98. The molecule has 0 saturated carbocycles. The Morgan fingerprint density at radius 1 is 1.09 bits per heavy atom. The van der Waals surface area contributed by atoms with Crippen molar-refractivity contribution in [2.24, 2.45) is 16.7 Å². The number of methoxy groups -OCH3 is 1. The highest BCUT2D eigenvalue weighted by Gasteiger charge is 2.44. The maximum absolute atomic E-state index is 14.0. The van der Waals surface area contributed by atoms with Crippen molar-refractivity contribution in [3.63, 3.8) is 0 Å². The van der Waals surface area contributed by atoms with E-state index in [2.05, 4.69) is 72.0 Å². The summed E-state index contributed by atoms with van der Waals surface area (Å²) in [5.41, 5.74) is 0.849. The molecule has 252 valence electrons. The zero-order chi connectivity index (χ0) is 33.9. The smallest absolute Gasteiger partial charge is 0.229 e. The van der Waals surface area contributed by atoms with Gasteiger partial charge in [-0.25, -0.2) is 23.7 Å². The van der Waals surface area contributed by atoms with Crippen LogP contribution in [-0.4, -0.2) is 58.6 Å². The molecule has 2 aromatic carbocycles. The molecule has 0 radical (unpaired) electrons. The predicted octanol–water partition coefficient (Wildman–Crippen LogP) is 7.85. The number of nitrogens with one attached hydrogen (secondary N) is 2. The van der Waals surface area contributed by atoms with Crippen LogP contribution in [0.1, 0.15) is 59.3 Å². The molecular weight excluding hydrogens is 622 g/mol. The molecule has 1 amide bonds. The van der Waals surface area contributed by atoms with Gasteiger partial charge in [-0.1, -0.05) is 47.6 Å². The molecule has 2 aromatic heterocycles. The van der Waals surface area contributed by atoms with E-state index in [1.54, 1.807) is 13.3 Å². The molecule has 0 spiro atoms. The fraction of sp³-hybridized carbons (Fsp3) is 0.486. The van der Waals surface area contributed by atoms with Gasteiger partial charge >= 0.3 is 0 Å². The SMILES string of the molecule is COc1cc2c(Nc3ncc(CC(=O)Nc4cccc(F)c4F)s3)ncnc2cc1OCCN1CCC[C@@H]1C(C(C)(C)C)C(C)(C)C. The summed E-state index contributed by atoms with van der Waals surface area (Å²) < 4.78 is 39.5. The number of rotatable bonds is 11. The Hall–Kier alpha value is -3.90. The molecule has 1 aliphatic heterocycles. The van der Waals surface area contributed by atoms with Crippen molar-refractivity contribution in [1.82, 2.24) is 19.9 Å². The second-order valence-corrected chi connectivity index (χ2v) is 15.2. The van der Waals surface area contributed by atoms with Crippen LogP contribution in [0.25, 0.3) is 10.9 Å². The topological polar surface area (TPSA) is 102 Å². The van der Waals surface area contributed by atoms with Crippen LogP contribution >= 0.6 is 11.3 Å². The summed E-state index contributed by atoms with van der Waals surface area (Å²) in [5, 5.41) is 6.84. The maximum atomic E-state index is 14.0. The van der Waals surface area contributed by atoms with Crippen molar-refractivity contribution in [3.8, 4) is 11.5 Å². The number of hydrogen-bond acceptors (Lipinski definition) is 9. The molecule has 4 aromatic rings. The summed E-state index contributed by atoms with van der Waals surface area (Å²) in [6, 6.07) is 7.84. The second kappa shape index (κ2) is 14.1. The predicted molar refractivity (Wildman–Crippen MR) is 183 cm³/mol. The summed E-state index contributed by atoms with van der Waals surface area (Å²) in [5.74, 6) is -0.373. The average molecular weight is 667 g/mol. The number of anilines is 3. The van der Waals surface area contributed by atoms with Gasteiger partial charge in [-0.3, -0.25) is 9.69 Å². The van der Waals surface area contributed by atoms with Gasteiger partial charge in [0.2, 0.25) is 5.91 Å². The first-order chi connectivity index (χ1) is 22.2. The first kappa shape index (κ1) is 34.4. The van der Waals surface area contributed by atoms with Crippen molar-refractivity contribution in [2.45, 2.75) is 66.8 Å². The lowest BCUT2D eigenvalue weighted by molar-refractivity contribution is -0.115. The summed E-state index contributed by atoms with van der Waals surface area (Å²) in [6.45, 7) is 16.5. The quantitative estimate of drug-likeness (QED) is 0.167. The standard InChI is InChI=1S/C35H44F2N6O3S/c1-34(2,3)31(35(4,5)6)26-12-9-13-43(26)14-15-46-28-18-25-22(17-27(28)45-7)32(40-20-39-25)42-33-38-19-21(47-33)16-29(44)41-24-11-8-10-23(36)30(24)37/h8,10-11,17-20,26,31H,9,12-16H2,1-7H3,(H,41,44)(H,38,39,40,42)/t26-/m1/s1. The number of carbonyl (C=O) groups is 1. The Morgan fingerprint density at radius 3 is 2.57 bits per heavy atom. The molecule has 1 fully saturated rings. The molecule has 1 atom stereocenters. The number of fused-ring (bicyclic) bond motifs is 1. The molecule has 47 heavy (non-hydrogen) atoms. The molecule has 1 saturated heterocycles. The number of hydrogen-bond donors (Lipinski definition) is 2. The number of thiazole rings is 1. The van der Waals surface area contributed by atoms with Gasteiger partial charge in [0, 0.05) is 35.1 Å². The number of halogens is 2.